The van der Waals surface area contributed by atoms with Crippen LogP contribution < -0.4 is 5.73 Å². The number of aryl methyl sites for hydroxylation is 1. The molecule has 0 aliphatic carbocycles. The van der Waals surface area contributed by atoms with E-state index in [4.69, 9.17) is 10.3 Å². The van der Waals surface area contributed by atoms with Crippen LogP contribution in [0.1, 0.15) is 4.88 Å². The molecule has 0 atom stereocenters. The van der Waals surface area contributed by atoms with Gasteiger partial charge in [-0.3, -0.25) is 0 Å². The van der Waals surface area contributed by atoms with Gasteiger partial charge in [0.1, 0.15) is 11.5 Å². The second-order valence-electron chi connectivity index (χ2n) is 4.16. The Morgan fingerprint density at radius 3 is 2.68 bits per heavy atom. The van der Waals surface area contributed by atoms with E-state index in [1.54, 1.807) is 29.5 Å². The molecule has 0 amide bonds. The zero-order chi connectivity index (χ0) is 13.4. The highest BCUT2D eigenvalue weighted by atomic mass is 32.1. The van der Waals surface area contributed by atoms with E-state index < -0.39 is 0 Å². The van der Waals surface area contributed by atoms with Crippen LogP contribution in [0.5, 0.6) is 0 Å². The van der Waals surface area contributed by atoms with Crippen LogP contribution in [0.3, 0.4) is 0 Å². The molecule has 0 radical (unpaired) electrons. The van der Waals surface area contributed by atoms with Crippen LogP contribution >= 0.6 is 11.3 Å². The van der Waals surface area contributed by atoms with E-state index in [0.29, 0.717) is 16.8 Å². The minimum Gasteiger partial charge on any atom is -0.367 e. The van der Waals surface area contributed by atoms with Gasteiger partial charge in [0.05, 0.1) is 10.4 Å². The van der Waals surface area contributed by atoms with E-state index in [0.717, 1.165) is 9.75 Å². The van der Waals surface area contributed by atoms with Crippen molar-refractivity contribution >= 4 is 17.2 Å². The van der Waals surface area contributed by atoms with Gasteiger partial charge in [-0.15, -0.1) is 11.3 Å². The molecule has 19 heavy (non-hydrogen) atoms. The standard InChI is InChI=1S/C14H11FN2OS/c1-8-6-7-11(19-8)13-12(14(16)18-17-13)9-4-2-3-5-10(9)15/h2-7H,16H2,1H3. The molecule has 3 nitrogen and oxygen atoms in total. The predicted molar refractivity (Wildman–Crippen MR) is 74.4 cm³/mol. The first-order valence-electron chi connectivity index (χ1n) is 5.73. The fraction of sp³-hybridized carbons (Fsp3) is 0.0714. The third kappa shape index (κ3) is 2.02. The zero-order valence-electron chi connectivity index (χ0n) is 10.2. The molecule has 2 N–H and O–H groups in total. The number of rotatable bonds is 2. The second-order valence-corrected chi connectivity index (χ2v) is 5.45. The summed E-state index contributed by atoms with van der Waals surface area (Å²) in [6.07, 6.45) is 0. The monoisotopic (exact) mass is 274 g/mol. The minimum atomic E-state index is -0.341. The van der Waals surface area contributed by atoms with Crippen molar-refractivity contribution in [3.8, 4) is 21.7 Å². The number of anilines is 1. The molecule has 0 aliphatic heterocycles. The van der Waals surface area contributed by atoms with Crippen LogP contribution in [-0.2, 0) is 0 Å². The summed E-state index contributed by atoms with van der Waals surface area (Å²) in [6, 6.07) is 10.4. The largest absolute Gasteiger partial charge is 0.367 e. The molecule has 0 aliphatic rings. The van der Waals surface area contributed by atoms with E-state index in [1.807, 2.05) is 19.1 Å². The number of hydrogen-bond donors (Lipinski definition) is 1. The second kappa shape index (κ2) is 4.51. The normalized spacial score (nSPS) is 10.8. The van der Waals surface area contributed by atoms with Gasteiger partial charge in [0, 0.05) is 10.4 Å². The smallest absolute Gasteiger partial charge is 0.230 e. The molecular formula is C14H11FN2OS. The maximum atomic E-state index is 13.9. The fourth-order valence-corrected chi connectivity index (χ4v) is 2.81. The van der Waals surface area contributed by atoms with Gasteiger partial charge in [0.15, 0.2) is 0 Å². The van der Waals surface area contributed by atoms with Crippen molar-refractivity contribution in [2.75, 3.05) is 5.73 Å². The zero-order valence-corrected chi connectivity index (χ0v) is 11.0. The molecule has 0 unspecified atom stereocenters. The summed E-state index contributed by atoms with van der Waals surface area (Å²) in [4.78, 5) is 2.06. The van der Waals surface area contributed by atoms with Gasteiger partial charge in [0.25, 0.3) is 0 Å². The van der Waals surface area contributed by atoms with Crippen LogP contribution in [0.4, 0.5) is 10.3 Å². The van der Waals surface area contributed by atoms with Crippen molar-refractivity contribution in [1.29, 1.82) is 0 Å². The Balaban J connectivity index is 2.22. The summed E-state index contributed by atoms with van der Waals surface area (Å²) in [7, 11) is 0. The van der Waals surface area contributed by atoms with Gasteiger partial charge in [-0.1, -0.05) is 23.4 Å². The average Bonchev–Trinajstić information content (AvgIpc) is 2.96. The number of hydrogen-bond acceptors (Lipinski definition) is 4. The molecule has 0 spiro atoms. The van der Waals surface area contributed by atoms with Crippen LogP contribution in [-0.4, -0.2) is 5.16 Å². The van der Waals surface area contributed by atoms with E-state index in [-0.39, 0.29) is 11.7 Å². The van der Waals surface area contributed by atoms with Crippen molar-refractivity contribution in [3.05, 3.63) is 47.1 Å². The first-order valence-corrected chi connectivity index (χ1v) is 6.55. The van der Waals surface area contributed by atoms with E-state index in [9.17, 15) is 4.39 Å². The number of aromatic nitrogens is 1. The lowest BCUT2D eigenvalue weighted by Gasteiger charge is -2.02. The lowest BCUT2D eigenvalue weighted by Crippen LogP contribution is -1.89. The highest BCUT2D eigenvalue weighted by Gasteiger charge is 2.20. The highest BCUT2D eigenvalue weighted by molar-refractivity contribution is 7.15. The molecule has 3 rings (SSSR count). The molecule has 2 aromatic heterocycles. The third-order valence-corrected chi connectivity index (χ3v) is 3.84. The number of nitrogen functional groups attached to an aromatic ring is 1. The summed E-state index contributed by atoms with van der Waals surface area (Å²) in [5.41, 5.74) is 7.30. The summed E-state index contributed by atoms with van der Waals surface area (Å²) in [5, 5.41) is 3.96. The van der Waals surface area contributed by atoms with E-state index in [2.05, 4.69) is 5.16 Å². The molecule has 0 saturated heterocycles. The summed E-state index contributed by atoms with van der Waals surface area (Å²) in [6.45, 7) is 2.00. The van der Waals surface area contributed by atoms with E-state index >= 15 is 0 Å². The predicted octanol–water partition coefficient (Wildman–Crippen LogP) is 4.10. The van der Waals surface area contributed by atoms with Gasteiger partial charge in [-0.05, 0) is 25.1 Å². The third-order valence-electron chi connectivity index (χ3n) is 2.84. The molecule has 0 bridgehead atoms. The lowest BCUT2D eigenvalue weighted by molar-refractivity contribution is 0.439. The lowest BCUT2D eigenvalue weighted by atomic mass is 10.0. The van der Waals surface area contributed by atoms with Crippen molar-refractivity contribution in [2.24, 2.45) is 0 Å². The summed E-state index contributed by atoms with van der Waals surface area (Å²) < 4.78 is 18.9. The molecule has 2 heterocycles. The molecule has 0 fully saturated rings. The van der Waals surface area contributed by atoms with Crippen LogP contribution in [0, 0.1) is 12.7 Å². The van der Waals surface area contributed by atoms with Crippen molar-refractivity contribution in [1.82, 2.24) is 5.16 Å². The summed E-state index contributed by atoms with van der Waals surface area (Å²) >= 11 is 1.57. The first-order chi connectivity index (χ1) is 9.16. The fourth-order valence-electron chi connectivity index (χ4n) is 1.96. The number of halogens is 1. The maximum absolute atomic E-state index is 13.9. The Bertz CT molecular complexity index is 733. The molecular weight excluding hydrogens is 263 g/mol. The molecule has 0 saturated carbocycles. The number of benzene rings is 1. The Hall–Kier alpha value is -2.14. The molecule has 96 valence electrons. The van der Waals surface area contributed by atoms with Crippen molar-refractivity contribution < 1.29 is 8.91 Å². The Morgan fingerprint density at radius 1 is 1.21 bits per heavy atom. The van der Waals surface area contributed by atoms with Gasteiger partial charge in [-0.2, -0.15) is 0 Å². The number of nitrogens with zero attached hydrogens (tertiary/aromatic N) is 1. The highest BCUT2D eigenvalue weighted by Crippen LogP contribution is 2.39. The Kier molecular flexibility index (Phi) is 2.83. The number of nitrogens with two attached hydrogens (primary N) is 1. The van der Waals surface area contributed by atoms with Gasteiger partial charge in [-0.25, -0.2) is 4.39 Å². The van der Waals surface area contributed by atoms with Crippen LogP contribution in [0.2, 0.25) is 0 Å². The topological polar surface area (TPSA) is 52.0 Å². The minimum absolute atomic E-state index is 0.131. The first kappa shape index (κ1) is 11.9. The van der Waals surface area contributed by atoms with Gasteiger partial charge >= 0.3 is 0 Å². The van der Waals surface area contributed by atoms with Crippen molar-refractivity contribution in [3.63, 3.8) is 0 Å². The van der Waals surface area contributed by atoms with Gasteiger partial charge < -0.3 is 10.3 Å². The molecule has 1 aromatic carbocycles. The Morgan fingerprint density at radius 2 is 2.00 bits per heavy atom. The maximum Gasteiger partial charge on any atom is 0.230 e. The van der Waals surface area contributed by atoms with Crippen LogP contribution in [0.25, 0.3) is 21.7 Å². The molecule has 3 aromatic rings. The number of thiophene rings is 1. The summed E-state index contributed by atoms with van der Waals surface area (Å²) in [5.74, 6) is -0.210. The molecule has 5 heteroatoms. The van der Waals surface area contributed by atoms with E-state index in [1.165, 1.54) is 6.07 Å². The quantitative estimate of drug-likeness (QED) is 0.765. The average molecular weight is 274 g/mol. The van der Waals surface area contributed by atoms with Gasteiger partial charge in [0.2, 0.25) is 5.88 Å². The SMILES string of the molecule is Cc1ccc(-c2noc(N)c2-c2ccccc2F)s1. The van der Waals surface area contributed by atoms with Crippen LogP contribution in [0.15, 0.2) is 40.9 Å². The van der Waals surface area contributed by atoms with Crippen molar-refractivity contribution in [2.45, 2.75) is 6.92 Å². The Labute approximate surface area is 113 Å².